The van der Waals surface area contributed by atoms with E-state index >= 15 is 0 Å². The molecule has 0 amide bonds. The zero-order valence-corrected chi connectivity index (χ0v) is 20.6. The molecule has 184 valence electrons. The van der Waals surface area contributed by atoms with Gasteiger partial charge in [0.1, 0.15) is 10.7 Å². The van der Waals surface area contributed by atoms with Gasteiger partial charge in [-0.1, -0.05) is 11.3 Å². The van der Waals surface area contributed by atoms with Gasteiger partial charge >= 0.3 is 0 Å². The van der Waals surface area contributed by atoms with Crippen molar-refractivity contribution in [3.05, 3.63) is 58.7 Å². The first-order chi connectivity index (χ1) is 17.0. The van der Waals surface area contributed by atoms with Crippen molar-refractivity contribution in [1.29, 1.82) is 0 Å². The number of rotatable bonds is 7. The van der Waals surface area contributed by atoms with Gasteiger partial charge in [0.15, 0.2) is 16.7 Å². The van der Waals surface area contributed by atoms with Gasteiger partial charge < -0.3 is 25.6 Å². The number of anilines is 4. The second-order valence-corrected chi connectivity index (χ2v) is 10.0. The lowest BCUT2D eigenvalue weighted by Crippen LogP contribution is -2.43. The summed E-state index contributed by atoms with van der Waals surface area (Å²) in [5.41, 5.74) is 8.29. The van der Waals surface area contributed by atoms with Crippen molar-refractivity contribution < 1.29 is 13.9 Å². The average Bonchev–Trinajstić information content (AvgIpc) is 3.54. The maximum Gasteiger partial charge on any atom is 0.206 e. The molecule has 1 aromatic heterocycles. The summed E-state index contributed by atoms with van der Waals surface area (Å²) in [6, 6.07) is 13.1. The number of aromatic nitrogens is 1. The van der Waals surface area contributed by atoms with Crippen LogP contribution in [-0.4, -0.2) is 55.0 Å². The molecular weight excluding hydrogens is 465 g/mol. The number of methoxy groups -OCH3 is 1. The molecule has 0 atom stereocenters. The maximum absolute atomic E-state index is 14.0. The molecule has 7 nitrogen and oxygen atoms in total. The van der Waals surface area contributed by atoms with Crippen LogP contribution < -0.4 is 20.7 Å². The van der Waals surface area contributed by atoms with Crippen LogP contribution in [0.2, 0.25) is 0 Å². The number of hydrogen-bond donors (Lipinski definition) is 2. The van der Waals surface area contributed by atoms with Gasteiger partial charge in [-0.15, -0.1) is 0 Å². The van der Waals surface area contributed by atoms with Crippen LogP contribution in [0.25, 0.3) is 0 Å². The van der Waals surface area contributed by atoms with Crippen molar-refractivity contribution in [2.75, 3.05) is 49.2 Å². The molecule has 0 radical (unpaired) electrons. The van der Waals surface area contributed by atoms with Crippen molar-refractivity contribution in [3.63, 3.8) is 0 Å². The number of carbonyl (C=O) groups is 1. The van der Waals surface area contributed by atoms with Gasteiger partial charge in [-0.05, 0) is 81.2 Å². The van der Waals surface area contributed by atoms with Crippen LogP contribution in [0.15, 0.2) is 42.5 Å². The van der Waals surface area contributed by atoms with Crippen LogP contribution in [0.5, 0.6) is 5.75 Å². The van der Waals surface area contributed by atoms with Crippen LogP contribution in [0.3, 0.4) is 0 Å². The van der Waals surface area contributed by atoms with E-state index in [1.54, 1.807) is 0 Å². The van der Waals surface area contributed by atoms with Crippen LogP contribution in [0, 0.1) is 5.82 Å². The highest BCUT2D eigenvalue weighted by Gasteiger charge is 2.26. The standard InChI is InChI=1S/C26H30FN5O2S/c1-34-22-9-4-17(16-21(22)27)23(33)24-25(28)30-26(35-24)29-18-5-7-19(8-6-18)32-14-10-20(11-15-32)31-12-2-3-13-31/h4-9,16,20H,2-3,10-15,28H2,1H3,(H,29,30). The van der Waals surface area contributed by atoms with Crippen LogP contribution >= 0.6 is 11.3 Å². The number of nitrogen functional groups attached to an aromatic ring is 1. The van der Waals surface area contributed by atoms with Crippen LogP contribution in [0.1, 0.15) is 40.9 Å². The molecule has 5 rings (SSSR count). The molecule has 0 unspecified atom stereocenters. The zero-order valence-electron chi connectivity index (χ0n) is 19.8. The smallest absolute Gasteiger partial charge is 0.206 e. The normalized spacial score (nSPS) is 17.0. The lowest BCUT2D eigenvalue weighted by Gasteiger charge is -2.37. The summed E-state index contributed by atoms with van der Waals surface area (Å²) in [6.07, 6.45) is 5.12. The minimum Gasteiger partial charge on any atom is -0.494 e. The highest BCUT2D eigenvalue weighted by atomic mass is 32.1. The third-order valence-electron chi connectivity index (χ3n) is 6.88. The molecule has 3 heterocycles. The zero-order chi connectivity index (χ0) is 24.4. The molecule has 35 heavy (non-hydrogen) atoms. The Morgan fingerprint density at radius 1 is 1.11 bits per heavy atom. The molecule has 2 fully saturated rings. The molecule has 3 N–H and O–H groups in total. The SMILES string of the molecule is COc1ccc(C(=O)c2sc(Nc3ccc(N4CCC(N5CCCC5)CC4)cc3)nc2N)cc1F. The minimum atomic E-state index is -0.597. The summed E-state index contributed by atoms with van der Waals surface area (Å²) < 4.78 is 19.0. The van der Waals surface area contributed by atoms with E-state index in [1.807, 2.05) is 12.1 Å². The number of benzene rings is 2. The highest BCUT2D eigenvalue weighted by Crippen LogP contribution is 2.32. The third-order valence-corrected chi connectivity index (χ3v) is 7.86. The van der Waals surface area contributed by atoms with Crippen molar-refractivity contribution >= 4 is 39.4 Å². The molecule has 3 aromatic rings. The Labute approximate surface area is 208 Å². The summed E-state index contributed by atoms with van der Waals surface area (Å²) in [6.45, 7) is 4.68. The Hall–Kier alpha value is -3.17. The molecule has 9 heteroatoms. The van der Waals surface area contributed by atoms with Gasteiger partial charge in [0, 0.05) is 36.1 Å². The third kappa shape index (κ3) is 5.11. The van der Waals surface area contributed by atoms with E-state index in [2.05, 4.69) is 32.2 Å². The van der Waals surface area contributed by atoms with E-state index in [0.29, 0.717) is 5.13 Å². The summed E-state index contributed by atoms with van der Waals surface area (Å²) in [7, 11) is 1.38. The summed E-state index contributed by atoms with van der Waals surface area (Å²) in [5.74, 6) is -0.765. The molecule has 2 aliphatic rings. The quantitative estimate of drug-likeness (QED) is 0.451. The Kier molecular flexibility index (Phi) is 6.88. The highest BCUT2D eigenvalue weighted by molar-refractivity contribution is 7.18. The lowest BCUT2D eigenvalue weighted by atomic mass is 10.0. The molecule has 0 spiro atoms. The molecule has 2 saturated heterocycles. The number of halogens is 1. The molecule has 2 aliphatic heterocycles. The van der Waals surface area contributed by atoms with Crippen LogP contribution in [0.4, 0.5) is 26.7 Å². The number of ketones is 1. The molecule has 2 aromatic carbocycles. The average molecular weight is 496 g/mol. The fourth-order valence-corrected chi connectivity index (χ4v) is 5.83. The lowest BCUT2D eigenvalue weighted by molar-refractivity contribution is 0.104. The van der Waals surface area contributed by atoms with Crippen molar-refractivity contribution in [2.24, 2.45) is 0 Å². The predicted octanol–water partition coefficient (Wildman–Crippen LogP) is 4.91. The van der Waals surface area contributed by atoms with Gasteiger partial charge in [-0.3, -0.25) is 4.79 Å². The molecular formula is C26H30FN5O2S. The Bertz CT molecular complexity index is 1180. The van der Waals surface area contributed by atoms with E-state index in [0.717, 1.165) is 42.2 Å². The number of carbonyl (C=O) groups excluding carboxylic acids is 1. The summed E-state index contributed by atoms with van der Waals surface area (Å²) >= 11 is 1.15. The predicted molar refractivity (Wildman–Crippen MR) is 139 cm³/mol. The number of nitrogens with one attached hydrogen (secondary N) is 1. The first-order valence-corrected chi connectivity index (χ1v) is 12.8. The fourth-order valence-electron chi connectivity index (χ4n) is 4.96. The summed E-state index contributed by atoms with van der Waals surface area (Å²) in [5, 5.41) is 3.74. The van der Waals surface area contributed by atoms with Gasteiger partial charge in [0.25, 0.3) is 0 Å². The van der Waals surface area contributed by atoms with E-state index in [9.17, 15) is 9.18 Å². The minimum absolute atomic E-state index is 0.0839. The second-order valence-electron chi connectivity index (χ2n) is 9.05. The van der Waals surface area contributed by atoms with E-state index in [-0.39, 0.29) is 27.8 Å². The number of hydrogen-bond acceptors (Lipinski definition) is 8. The van der Waals surface area contributed by atoms with Gasteiger partial charge in [-0.25, -0.2) is 9.37 Å². The molecule has 0 aliphatic carbocycles. The van der Waals surface area contributed by atoms with Gasteiger partial charge in [0.05, 0.1) is 7.11 Å². The number of thiazole rings is 1. The number of nitrogens with two attached hydrogens (primary N) is 1. The monoisotopic (exact) mass is 495 g/mol. The first kappa shape index (κ1) is 23.6. The Balaban J connectivity index is 1.21. The first-order valence-electron chi connectivity index (χ1n) is 12.0. The largest absolute Gasteiger partial charge is 0.494 e. The summed E-state index contributed by atoms with van der Waals surface area (Å²) in [4.78, 5) is 22.5. The van der Waals surface area contributed by atoms with Crippen molar-refractivity contribution in [3.8, 4) is 5.75 Å². The van der Waals surface area contributed by atoms with E-state index in [1.165, 1.54) is 63.7 Å². The topological polar surface area (TPSA) is 83.7 Å². The molecule has 0 saturated carbocycles. The number of nitrogens with zero attached hydrogens (tertiary/aromatic N) is 3. The Morgan fingerprint density at radius 2 is 1.83 bits per heavy atom. The maximum atomic E-state index is 14.0. The number of piperidine rings is 1. The van der Waals surface area contributed by atoms with Gasteiger partial charge in [0.2, 0.25) is 5.78 Å². The fraction of sp³-hybridized carbons (Fsp3) is 0.385. The molecule has 0 bridgehead atoms. The van der Waals surface area contributed by atoms with E-state index in [4.69, 9.17) is 10.5 Å². The number of ether oxygens (including phenoxy) is 1. The van der Waals surface area contributed by atoms with E-state index < -0.39 is 5.82 Å². The van der Waals surface area contributed by atoms with Crippen molar-refractivity contribution in [2.45, 2.75) is 31.7 Å². The van der Waals surface area contributed by atoms with Gasteiger partial charge in [-0.2, -0.15) is 0 Å². The second kappa shape index (κ2) is 10.2. The number of likely N-dealkylation sites (tertiary alicyclic amines) is 1. The van der Waals surface area contributed by atoms with Crippen LogP contribution in [-0.2, 0) is 0 Å². The van der Waals surface area contributed by atoms with Crippen molar-refractivity contribution in [1.82, 2.24) is 9.88 Å². The Morgan fingerprint density at radius 3 is 2.49 bits per heavy atom.